The molecule has 0 bridgehead atoms. The predicted molar refractivity (Wildman–Crippen MR) is 233 cm³/mol. The molecule has 2 rings (SSSR count). The number of hydrogen-bond donors (Lipinski definition) is 0. The maximum absolute atomic E-state index is 6.86. The van der Waals surface area contributed by atoms with Crippen molar-refractivity contribution in [3.63, 3.8) is 0 Å². The smallest absolute Gasteiger partial charge is 0.261 e. The lowest BCUT2D eigenvalue weighted by Gasteiger charge is -2.43. The second-order valence-corrected chi connectivity index (χ2v) is 19.5. The van der Waals surface area contributed by atoms with Crippen molar-refractivity contribution in [3.8, 4) is 0 Å². The molecule has 0 aliphatic rings. The molecule has 0 unspecified atom stereocenters. The first-order valence-corrected chi connectivity index (χ1v) is 23.9. The van der Waals surface area contributed by atoms with Gasteiger partial charge in [0.1, 0.15) is 0 Å². The Morgan fingerprint density at radius 1 is 0.333 bits per heavy atom. The number of hydrogen-bond acceptors (Lipinski definition) is 10. The van der Waals surface area contributed by atoms with E-state index in [1.807, 2.05) is 0 Å². The normalized spacial score (nSPS) is 12.1. The lowest BCUT2D eigenvalue weighted by Crippen LogP contribution is -2.66. The van der Waals surface area contributed by atoms with Crippen molar-refractivity contribution < 1.29 is 47.1 Å². The third-order valence-electron chi connectivity index (χ3n) is 9.58. The van der Waals surface area contributed by atoms with Crippen LogP contribution in [0.15, 0.2) is 60.7 Å². The molecule has 0 aliphatic carbocycles. The molecule has 0 fully saturated rings. The van der Waals surface area contributed by atoms with Gasteiger partial charge in [-0.05, 0) is 21.8 Å². The molecule has 57 heavy (non-hydrogen) atoms. The van der Waals surface area contributed by atoms with Crippen molar-refractivity contribution in [2.75, 3.05) is 126 Å². The highest BCUT2D eigenvalue weighted by atomic mass is 28.4. The lowest BCUT2D eigenvalue weighted by molar-refractivity contribution is -0.0254. The summed E-state index contributed by atoms with van der Waals surface area (Å²) in [6, 6.07) is 21.3. The van der Waals surface area contributed by atoms with Gasteiger partial charge in [-0.1, -0.05) is 146 Å². The van der Waals surface area contributed by atoms with E-state index in [1.165, 1.54) is 68.2 Å². The average Bonchev–Trinajstić information content (AvgIpc) is 3.22. The summed E-state index contributed by atoms with van der Waals surface area (Å²) in [6.07, 6.45) is 13.4. The summed E-state index contributed by atoms with van der Waals surface area (Å²) in [4.78, 5) is 0. The SMILES string of the molecule is CCCCCCCCCCCCOCCOCCOCCOCCOCCOCCOCCOCCOCCO[Si](c1ccccc1)(c1ccccc1)C(C)(C)C. The average molecular weight is 821 g/mol. The van der Waals surface area contributed by atoms with Gasteiger partial charge in [0.05, 0.1) is 119 Å². The third kappa shape index (κ3) is 25.5. The molecule has 0 aromatic heterocycles. The summed E-state index contributed by atoms with van der Waals surface area (Å²) in [5.74, 6) is 0. The van der Waals surface area contributed by atoms with Crippen LogP contribution < -0.4 is 10.4 Å². The largest absolute Gasteiger partial charge is 0.405 e. The standard InChI is InChI=1S/C46H80O10Si/c1-5-6-7-8-9-10-11-12-13-20-25-47-26-27-48-28-29-49-30-31-50-32-33-51-34-35-52-36-37-53-38-39-54-40-41-55-42-43-56-57(46(2,3)4,44-21-16-14-17-22-44)45-23-18-15-19-24-45/h14-19,21-24H,5-13,20,25-43H2,1-4H3. The zero-order valence-electron chi connectivity index (χ0n) is 36.4. The maximum Gasteiger partial charge on any atom is 0.261 e. The first-order chi connectivity index (χ1) is 28.0. The molecule has 0 aliphatic heterocycles. The van der Waals surface area contributed by atoms with Gasteiger partial charge in [-0.25, -0.2) is 0 Å². The van der Waals surface area contributed by atoms with Crippen LogP contribution in [0.3, 0.4) is 0 Å². The fourth-order valence-corrected chi connectivity index (χ4v) is 11.1. The zero-order valence-corrected chi connectivity index (χ0v) is 37.4. The molecule has 0 N–H and O–H groups in total. The molecular weight excluding hydrogens is 741 g/mol. The van der Waals surface area contributed by atoms with Crippen LogP contribution in [0.1, 0.15) is 91.9 Å². The van der Waals surface area contributed by atoms with Crippen molar-refractivity contribution in [2.24, 2.45) is 0 Å². The Morgan fingerprint density at radius 2 is 0.596 bits per heavy atom. The number of rotatable bonds is 41. The zero-order chi connectivity index (χ0) is 40.8. The van der Waals surface area contributed by atoms with Crippen LogP contribution in [-0.4, -0.2) is 134 Å². The van der Waals surface area contributed by atoms with Crippen molar-refractivity contribution in [3.05, 3.63) is 60.7 Å². The van der Waals surface area contributed by atoms with E-state index < -0.39 is 8.32 Å². The molecule has 0 atom stereocenters. The predicted octanol–water partition coefficient (Wildman–Crippen LogP) is 7.63. The highest BCUT2D eigenvalue weighted by Gasteiger charge is 2.50. The van der Waals surface area contributed by atoms with Crippen molar-refractivity contribution in [2.45, 2.75) is 96.9 Å². The fourth-order valence-electron chi connectivity index (χ4n) is 6.57. The van der Waals surface area contributed by atoms with Crippen LogP contribution in [0.25, 0.3) is 0 Å². The summed E-state index contributed by atoms with van der Waals surface area (Å²) in [7, 11) is -2.54. The first-order valence-electron chi connectivity index (χ1n) is 22.0. The van der Waals surface area contributed by atoms with E-state index in [0.29, 0.717) is 119 Å². The Bertz CT molecular complexity index is 1080. The maximum atomic E-state index is 6.86. The summed E-state index contributed by atoms with van der Waals surface area (Å²) in [6.45, 7) is 19.6. The first kappa shape index (κ1) is 51.4. The van der Waals surface area contributed by atoms with E-state index in [9.17, 15) is 0 Å². The van der Waals surface area contributed by atoms with Gasteiger partial charge in [-0.3, -0.25) is 0 Å². The molecule has 11 heteroatoms. The summed E-state index contributed by atoms with van der Waals surface area (Å²) >= 11 is 0. The Labute approximate surface area is 348 Å². The van der Waals surface area contributed by atoms with Gasteiger partial charge in [0.2, 0.25) is 0 Å². The van der Waals surface area contributed by atoms with Gasteiger partial charge >= 0.3 is 0 Å². The fraction of sp³-hybridized carbons (Fsp3) is 0.739. The topological polar surface area (TPSA) is 92.3 Å². The summed E-state index contributed by atoms with van der Waals surface area (Å²) in [5, 5.41) is 2.49. The van der Waals surface area contributed by atoms with E-state index in [-0.39, 0.29) is 5.04 Å². The molecule has 0 saturated heterocycles. The van der Waals surface area contributed by atoms with E-state index in [0.717, 1.165) is 13.0 Å². The Hall–Kier alpha value is -1.74. The van der Waals surface area contributed by atoms with Crippen LogP contribution >= 0.6 is 0 Å². The molecule has 2 aromatic rings. The second-order valence-electron chi connectivity index (χ2n) is 15.2. The van der Waals surface area contributed by atoms with Gasteiger partial charge in [-0.2, -0.15) is 0 Å². The molecule has 2 aromatic carbocycles. The van der Waals surface area contributed by atoms with Crippen LogP contribution in [0.2, 0.25) is 5.04 Å². The lowest BCUT2D eigenvalue weighted by atomic mass is 10.1. The van der Waals surface area contributed by atoms with Crippen molar-refractivity contribution >= 4 is 18.7 Å². The molecule has 10 nitrogen and oxygen atoms in total. The minimum Gasteiger partial charge on any atom is -0.405 e. The summed E-state index contributed by atoms with van der Waals surface area (Å²) < 4.78 is 57.4. The third-order valence-corrected chi connectivity index (χ3v) is 14.6. The monoisotopic (exact) mass is 821 g/mol. The van der Waals surface area contributed by atoms with Crippen molar-refractivity contribution in [1.29, 1.82) is 0 Å². The molecule has 0 heterocycles. The van der Waals surface area contributed by atoms with E-state index in [2.05, 4.69) is 88.4 Å². The van der Waals surface area contributed by atoms with Gasteiger partial charge in [0.25, 0.3) is 8.32 Å². The number of ether oxygens (including phenoxy) is 9. The summed E-state index contributed by atoms with van der Waals surface area (Å²) in [5.41, 5.74) is 0. The Balaban J connectivity index is 1.27. The van der Waals surface area contributed by atoms with Crippen LogP contribution in [0.4, 0.5) is 0 Å². The molecule has 0 radical (unpaired) electrons. The van der Waals surface area contributed by atoms with Gasteiger partial charge in [-0.15, -0.1) is 0 Å². The quantitative estimate of drug-likeness (QED) is 0.0493. The van der Waals surface area contributed by atoms with E-state index in [4.69, 9.17) is 47.1 Å². The number of benzene rings is 2. The van der Waals surface area contributed by atoms with Gasteiger partial charge in [0, 0.05) is 6.61 Å². The molecule has 328 valence electrons. The highest BCUT2D eigenvalue weighted by Crippen LogP contribution is 2.36. The second kappa shape index (κ2) is 36.1. The van der Waals surface area contributed by atoms with Crippen LogP contribution in [-0.2, 0) is 47.1 Å². The molecule has 0 saturated carbocycles. The molecule has 0 spiro atoms. The Kier molecular flexibility index (Phi) is 32.6. The van der Waals surface area contributed by atoms with Crippen LogP contribution in [0, 0.1) is 0 Å². The molecule has 0 amide bonds. The van der Waals surface area contributed by atoms with E-state index >= 15 is 0 Å². The van der Waals surface area contributed by atoms with Gasteiger partial charge in [0.15, 0.2) is 0 Å². The van der Waals surface area contributed by atoms with Crippen molar-refractivity contribution in [1.82, 2.24) is 0 Å². The van der Waals surface area contributed by atoms with Gasteiger partial charge < -0.3 is 47.1 Å². The highest BCUT2D eigenvalue weighted by molar-refractivity contribution is 6.99. The minimum absolute atomic E-state index is 0.0529. The molecular formula is C46H80O10Si. The minimum atomic E-state index is -2.54. The Morgan fingerprint density at radius 3 is 0.895 bits per heavy atom. The van der Waals surface area contributed by atoms with E-state index in [1.54, 1.807) is 0 Å². The van der Waals surface area contributed by atoms with Crippen LogP contribution in [0.5, 0.6) is 0 Å². The number of unbranched alkanes of at least 4 members (excludes halogenated alkanes) is 9.